The molecule has 5 heteroatoms. The Balaban J connectivity index is 3.05. The van der Waals surface area contributed by atoms with Crippen molar-refractivity contribution in [2.45, 2.75) is 13.1 Å². The van der Waals surface area contributed by atoms with Gasteiger partial charge in [-0.05, 0) is 12.1 Å². The van der Waals surface area contributed by atoms with Crippen molar-refractivity contribution in [1.29, 1.82) is 0 Å². The molecule has 0 saturated heterocycles. The normalized spacial score (nSPS) is 10.7. The lowest BCUT2D eigenvalue weighted by Gasteiger charge is -2.03. The van der Waals surface area contributed by atoms with Crippen molar-refractivity contribution in [3.8, 4) is 0 Å². The number of halogens is 3. The van der Waals surface area contributed by atoms with Gasteiger partial charge >= 0.3 is 0 Å². The smallest absolute Gasteiger partial charge is 0.280 e. The predicted octanol–water partition coefficient (Wildman–Crippen LogP) is 2.07. The molecular weight excluding hydrogens is 169 g/mol. The zero-order valence-corrected chi connectivity index (χ0v) is 6.10. The summed E-state index contributed by atoms with van der Waals surface area (Å²) in [6.45, 7) is -0.924. The fourth-order valence-corrected chi connectivity index (χ4v) is 0.758. The van der Waals surface area contributed by atoms with Crippen LogP contribution in [0.25, 0.3) is 0 Å². The highest BCUT2D eigenvalue weighted by molar-refractivity contribution is 5.43. The van der Waals surface area contributed by atoms with Crippen LogP contribution in [0, 0.1) is 0 Å². The summed E-state index contributed by atoms with van der Waals surface area (Å²) in [7, 11) is 0. The Hall–Kier alpha value is -1.26. The fourth-order valence-electron chi connectivity index (χ4n) is 0.758. The number of hydrogen-bond donors (Lipinski definition) is 1. The zero-order chi connectivity index (χ0) is 9.14. The van der Waals surface area contributed by atoms with Crippen molar-refractivity contribution in [3.05, 3.63) is 23.5 Å². The standard InChI is InChI=1S/C7H7F3N2/c8-3-6-4(11)1-2-5(12-6)7(9)10/h1-2,7H,3,11H2. The first-order chi connectivity index (χ1) is 5.65. The maximum absolute atomic E-state index is 12.0. The molecule has 2 nitrogen and oxygen atoms in total. The van der Waals surface area contributed by atoms with Crippen LogP contribution in [0.4, 0.5) is 18.9 Å². The molecule has 0 aliphatic rings. The Morgan fingerprint density at radius 1 is 1.42 bits per heavy atom. The van der Waals surface area contributed by atoms with E-state index in [1.165, 1.54) is 6.07 Å². The second-order valence-electron chi connectivity index (χ2n) is 2.21. The molecule has 66 valence electrons. The molecular formula is C7H7F3N2. The number of anilines is 1. The lowest BCUT2D eigenvalue weighted by atomic mass is 10.3. The SMILES string of the molecule is Nc1ccc(C(F)F)nc1CF. The summed E-state index contributed by atoms with van der Waals surface area (Å²) < 4.78 is 36.0. The van der Waals surface area contributed by atoms with E-state index in [0.717, 1.165) is 6.07 Å². The Labute approximate surface area is 67.2 Å². The average molecular weight is 176 g/mol. The third-order valence-electron chi connectivity index (χ3n) is 1.38. The number of aromatic nitrogens is 1. The largest absolute Gasteiger partial charge is 0.397 e. The van der Waals surface area contributed by atoms with E-state index in [2.05, 4.69) is 4.98 Å². The van der Waals surface area contributed by atoms with Crippen molar-refractivity contribution in [3.63, 3.8) is 0 Å². The molecule has 1 rings (SSSR count). The highest BCUT2D eigenvalue weighted by atomic mass is 19.3. The molecule has 2 N–H and O–H groups in total. The highest BCUT2D eigenvalue weighted by Crippen LogP contribution is 2.19. The van der Waals surface area contributed by atoms with Gasteiger partial charge in [0.25, 0.3) is 6.43 Å². The van der Waals surface area contributed by atoms with Crippen LogP contribution < -0.4 is 5.73 Å². The van der Waals surface area contributed by atoms with Crippen LogP contribution in [0.5, 0.6) is 0 Å². The summed E-state index contributed by atoms with van der Waals surface area (Å²) in [5.41, 5.74) is 4.77. The maximum atomic E-state index is 12.0. The maximum Gasteiger partial charge on any atom is 0.280 e. The van der Waals surface area contributed by atoms with E-state index in [1.54, 1.807) is 0 Å². The lowest BCUT2D eigenvalue weighted by Crippen LogP contribution is -1.99. The van der Waals surface area contributed by atoms with Crippen molar-refractivity contribution >= 4 is 5.69 Å². The molecule has 0 aliphatic heterocycles. The van der Waals surface area contributed by atoms with Crippen molar-refractivity contribution in [2.24, 2.45) is 0 Å². The highest BCUT2D eigenvalue weighted by Gasteiger charge is 2.10. The van der Waals surface area contributed by atoms with Gasteiger partial charge in [-0.3, -0.25) is 0 Å². The van der Waals surface area contributed by atoms with E-state index < -0.39 is 18.8 Å². The summed E-state index contributed by atoms with van der Waals surface area (Å²) in [5.74, 6) is 0. The first-order valence-electron chi connectivity index (χ1n) is 3.24. The van der Waals surface area contributed by atoms with Crippen LogP contribution in [0.3, 0.4) is 0 Å². The van der Waals surface area contributed by atoms with E-state index in [1.807, 2.05) is 0 Å². The fraction of sp³-hybridized carbons (Fsp3) is 0.286. The molecule has 0 atom stereocenters. The van der Waals surface area contributed by atoms with Gasteiger partial charge in [0.05, 0.1) is 11.4 Å². The van der Waals surface area contributed by atoms with Gasteiger partial charge in [-0.2, -0.15) is 0 Å². The van der Waals surface area contributed by atoms with E-state index in [-0.39, 0.29) is 11.4 Å². The zero-order valence-electron chi connectivity index (χ0n) is 6.10. The van der Waals surface area contributed by atoms with Gasteiger partial charge in [0.2, 0.25) is 0 Å². The molecule has 0 fully saturated rings. The van der Waals surface area contributed by atoms with Gasteiger partial charge in [-0.15, -0.1) is 0 Å². The number of rotatable bonds is 2. The Morgan fingerprint density at radius 3 is 2.58 bits per heavy atom. The molecule has 0 radical (unpaired) electrons. The summed E-state index contributed by atoms with van der Waals surface area (Å²) >= 11 is 0. The molecule has 0 bridgehead atoms. The molecule has 1 heterocycles. The van der Waals surface area contributed by atoms with Crippen LogP contribution in [0.15, 0.2) is 12.1 Å². The average Bonchev–Trinajstić information content (AvgIpc) is 2.05. The van der Waals surface area contributed by atoms with Gasteiger partial charge in [-0.25, -0.2) is 18.2 Å². The molecule has 1 aromatic heterocycles. The molecule has 0 amide bonds. The topological polar surface area (TPSA) is 38.9 Å². The molecule has 1 aromatic rings. The van der Waals surface area contributed by atoms with Gasteiger partial charge < -0.3 is 5.73 Å². The van der Waals surface area contributed by atoms with E-state index >= 15 is 0 Å². The number of hydrogen-bond acceptors (Lipinski definition) is 2. The van der Waals surface area contributed by atoms with Crippen LogP contribution in [-0.4, -0.2) is 4.98 Å². The number of nitrogen functional groups attached to an aromatic ring is 1. The second kappa shape index (κ2) is 3.42. The Bertz CT molecular complexity index is 275. The van der Waals surface area contributed by atoms with E-state index in [0.29, 0.717) is 0 Å². The lowest BCUT2D eigenvalue weighted by molar-refractivity contribution is 0.145. The Morgan fingerprint density at radius 2 is 2.08 bits per heavy atom. The van der Waals surface area contributed by atoms with Crippen LogP contribution >= 0.6 is 0 Å². The van der Waals surface area contributed by atoms with Gasteiger partial charge in [0.15, 0.2) is 0 Å². The number of nitrogens with zero attached hydrogens (tertiary/aromatic N) is 1. The Kier molecular flexibility index (Phi) is 2.52. The van der Waals surface area contributed by atoms with Crippen LogP contribution in [0.2, 0.25) is 0 Å². The van der Waals surface area contributed by atoms with Crippen molar-refractivity contribution in [2.75, 3.05) is 5.73 Å². The second-order valence-corrected chi connectivity index (χ2v) is 2.21. The van der Waals surface area contributed by atoms with Gasteiger partial charge in [0.1, 0.15) is 12.4 Å². The molecule has 0 aliphatic carbocycles. The summed E-state index contributed by atoms with van der Waals surface area (Å²) in [6.07, 6.45) is -2.68. The minimum atomic E-state index is -2.68. The quantitative estimate of drug-likeness (QED) is 0.749. The minimum Gasteiger partial charge on any atom is -0.397 e. The van der Waals surface area contributed by atoms with Gasteiger partial charge in [-0.1, -0.05) is 0 Å². The number of pyridine rings is 1. The summed E-state index contributed by atoms with van der Waals surface area (Å²) in [6, 6.07) is 2.31. The molecule has 0 saturated carbocycles. The summed E-state index contributed by atoms with van der Waals surface area (Å²) in [4.78, 5) is 3.34. The van der Waals surface area contributed by atoms with Crippen LogP contribution in [-0.2, 0) is 6.67 Å². The van der Waals surface area contributed by atoms with Crippen LogP contribution in [0.1, 0.15) is 17.8 Å². The first kappa shape index (κ1) is 8.83. The molecule has 0 unspecified atom stereocenters. The number of alkyl halides is 3. The number of nitrogens with two attached hydrogens (primary N) is 1. The first-order valence-corrected chi connectivity index (χ1v) is 3.24. The molecule has 12 heavy (non-hydrogen) atoms. The van der Waals surface area contributed by atoms with E-state index in [9.17, 15) is 13.2 Å². The predicted molar refractivity (Wildman–Crippen MR) is 38.4 cm³/mol. The van der Waals surface area contributed by atoms with Gasteiger partial charge in [0, 0.05) is 0 Å². The third kappa shape index (κ3) is 1.66. The summed E-state index contributed by atoms with van der Waals surface area (Å²) in [5, 5.41) is 0. The van der Waals surface area contributed by atoms with Crippen molar-refractivity contribution < 1.29 is 13.2 Å². The molecule has 0 aromatic carbocycles. The van der Waals surface area contributed by atoms with Crippen molar-refractivity contribution in [1.82, 2.24) is 4.98 Å². The van der Waals surface area contributed by atoms with E-state index in [4.69, 9.17) is 5.73 Å². The minimum absolute atomic E-state index is 0.0990. The third-order valence-corrected chi connectivity index (χ3v) is 1.38. The monoisotopic (exact) mass is 176 g/mol. The molecule has 0 spiro atoms.